The Kier molecular flexibility index (Phi) is 5.51. The highest BCUT2D eigenvalue weighted by atomic mass is 19.4. The number of amides is 2. The minimum absolute atomic E-state index is 0.275. The molecule has 21 heavy (non-hydrogen) atoms. The van der Waals surface area contributed by atoms with Gasteiger partial charge in [-0.25, -0.2) is 4.98 Å². The quantitative estimate of drug-likeness (QED) is 0.829. The van der Waals surface area contributed by atoms with Crippen molar-refractivity contribution in [2.24, 2.45) is 5.73 Å². The van der Waals surface area contributed by atoms with Crippen LogP contribution in [0.4, 0.5) is 13.2 Å². The van der Waals surface area contributed by atoms with Crippen LogP contribution >= 0.6 is 0 Å². The zero-order valence-electron chi connectivity index (χ0n) is 11.1. The first kappa shape index (κ1) is 16.7. The van der Waals surface area contributed by atoms with E-state index in [1.165, 1.54) is 6.07 Å². The molecule has 0 aliphatic rings. The highest BCUT2D eigenvalue weighted by Crippen LogP contribution is 2.23. The van der Waals surface area contributed by atoms with Crippen molar-refractivity contribution in [3.8, 4) is 5.88 Å². The Hall–Kier alpha value is -2.32. The van der Waals surface area contributed by atoms with Gasteiger partial charge >= 0.3 is 6.36 Å². The summed E-state index contributed by atoms with van der Waals surface area (Å²) in [6.07, 6.45) is -3.09. The molecule has 1 rings (SSSR count). The van der Waals surface area contributed by atoms with Crippen LogP contribution in [0.15, 0.2) is 18.3 Å². The summed E-state index contributed by atoms with van der Waals surface area (Å²) >= 11 is 0. The minimum atomic E-state index is -4.98. The van der Waals surface area contributed by atoms with Crippen LogP contribution in [0.25, 0.3) is 0 Å². The molecule has 0 aliphatic heterocycles. The molecule has 1 aromatic rings. The molecule has 116 valence electrons. The van der Waals surface area contributed by atoms with Crippen molar-refractivity contribution < 1.29 is 27.5 Å². The van der Waals surface area contributed by atoms with Crippen LogP contribution in [0, 0.1) is 0 Å². The van der Waals surface area contributed by atoms with E-state index < -0.39 is 35.7 Å². The van der Waals surface area contributed by atoms with Gasteiger partial charge in [0.05, 0.1) is 0 Å². The van der Waals surface area contributed by atoms with Gasteiger partial charge in [-0.05, 0) is 18.6 Å². The van der Waals surface area contributed by atoms with Gasteiger partial charge in [0.15, 0.2) is 0 Å². The smallest absolute Gasteiger partial charge is 0.387 e. The standard InChI is InChI=1S/C12H14F3N3O3/c1-2-4-8(9(16)19)18-10(20)7-5-3-6-17-11(7)21-12(13,14)15/h3,5-6,8H,2,4H2,1H3,(H2,16,19)(H,18,20)/t8-/m0/s1. The third kappa shape index (κ3) is 5.28. The van der Waals surface area contributed by atoms with E-state index in [-0.39, 0.29) is 6.42 Å². The maximum Gasteiger partial charge on any atom is 0.574 e. The largest absolute Gasteiger partial charge is 0.574 e. The summed E-state index contributed by atoms with van der Waals surface area (Å²) in [6, 6.07) is 1.41. The highest BCUT2D eigenvalue weighted by molar-refractivity contribution is 5.98. The van der Waals surface area contributed by atoms with Crippen molar-refractivity contribution >= 4 is 11.8 Å². The molecule has 0 spiro atoms. The lowest BCUT2D eigenvalue weighted by Crippen LogP contribution is -2.44. The van der Waals surface area contributed by atoms with Crippen molar-refractivity contribution in [2.45, 2.75) is 32.2 Å². The molecule has 0 fully saturated rings. The van der Waals surface area contributed by atoms with Crippen LogP contribution in [0.5, 0.6) is 5.88 Å². The summed E-state index contributed by atoms with van der Waals surface area (Å²) in [4.78, 5) is 26.4. The van der Waals surface area contributed by atoms with E-state index in [1.807, 2.05) is 0 Å². The second-order valence-corrected chi connectivity index (χ2v) is 4.12. The summed E-state index contributed by atoms with van der Waals surface area (Å²) in [6.45, 7) is 1.77. The Morgan fingerprint density at radius 1 is 1.48 bits per heavy atom. The number of hydrogen-bond donors (Lipinski definition) is 2. The van der Waals surface area contributed by atoms with Crippen LogP contribution in [-0.4, -0.2) is 29.2 Å². The van der Waals surface area contributed by atoms with E-state index in [1.54, 1.807) is 6.92 Å². The average molecular weight is 305 g/mol. The first-order chi connectivity index (χ1) is 9.74. The number of primary amides is 1. The van der Waals surface area contributed by atoms with Gasteiger partial charge in [-0.1, -0.05) is 13.3 Å². The molecule has 0 bridgehead atoms. The van der Waals surface area contributed by atoms with Crippen LogP contribution < -0.4 is 15.8 Å². The number of hydrogen-bond acceptors (Lipinski definition) is 4. The van der Waals surface area contributed by atoms with E-state index in [4.69, 9.17) is 5.73 Å². The number of nitrogens with two attached hydrogens (primary N) is 1. The number of nitrogens with zero attached hydrogens (tertiary/aromatic N) is 1. The Balaban J connectivity index is 2.94. The Bertz CT molecular complexity index is 520. The number of carbonyl (C=O) groups excluding carboxylic acids is 2. The van der Waals surface area contributed by atoms with Crippen LogP contribution in [0.1, 0.15) is 30.1 Å². The predicted octanol–water partition coefficient (Wildman–Crippen LogP) is 1.36. The van der Waals surface area contributed by atoms with Gasteiger partial charge in [-0.15, -0.1) is 13.2 Å². The molecule has 0 saturated heterocycles. The van der Waals surface area contributed by atoms with Crippen molar-refractivity contribution in [1.82, 2.24) is 10.3 Å². The number of pyridine rings is 1. The van der Waals surface area contributed by atoms with Gasteiger partial charge in [0.25, 0.3) is 5.91 Å². The fourth-order valence-corrected chi connectivity index (χ4v) is 1.56. The first-order valence-corrected chi connectivity index (χ1v) is 6.05. The number of halogens is 3. The van der Waals surface area contributed by atoms with Gasteiger partial charge in [-0.2, -0.15) is 0 Å². The van der Waals surface area contributed by atoms with Gasteiger partial charge in [0.2, 0.25) is 11.8 Å². The van der Waals surface area contributed by atoms with E-state index in [2.05, 4.69) is 15.0 Å². The molecule has 0 aromatic carbocycles. The second-order valence-electron chi connectivity index (χ2n) is 4.12. The van der Waals surface area contributed by atoms with Gasteiger partial charge in [0, 0.05) is 6.20 Å². The minimum Gasteiger partial charge on any atom is -0.387 e. The van der Waals surface area contributed by atoms with Crippen molar-refractivity contribution in [3.63, 3.8) is 0 Å². The summed E-state index contributed by atoms with van der Waals surface area (Å²) < 4.78 is 40.4. The monoisotopic (exact) mass is 305 g/mol. The van der Waals surface area contributed by atoms with Crippen molar-refractivity contribution in [1.29, 1.82) is 0 Å². The van der Waals surface area contributed by atoms with Gasteiger partial charge in [-0.3, -0.25) is 9.59 Å². The molecule has 9 heteroatoms. The molecule has 1 heterocycles. The van der Waals surface area contributed by atoms with E-state index >= 15 is 0 Å². The summed E-state index contributed by atoms with van der Waals surface area (Å²) in [5.41, 5.74) is 4.68. The fourth-order valence-electron chi connectivity index (χ4n) is 1.56. The Labute approximate surface area is 118 Å². The van der Waals surface area contributed by atoms with Crippen molar-refractivity contribution in [3.05, 3.63) is 23.9 Å². The van der Waals surface area contributed by atoms with Gasteiger partial charge < -0.3 is 15.8 Å². The Morgan fingerprint density at radius 2 is 2.14 bits per heavy atom. The second kappa shape index (κ2) is 6.91. The lowest BCUT2D eigenvalue weighted by atomic mass is 10.1. The topological polar surface area (TPSA) is 94.3 Å². The van der Waals surface area contributed by atoms with Crippen LogP contribution in [0.2, 0.25) is 0 Å². The van der Waals surface area contributed by atoms with E-state index in [9.17, 15) is 22.8 Å². The molecule has 3 N–H and O–H groups in total. The number of alkyl halides is 3. The number of ether oxygens (including phenoxy) is 1. The molecule has 0 saturated carbocycles. The summed E-state index contributed by atoms with van der Waals surface area (Å²) in [7, 11) is 0. The van der Waals surface area contributed by atoms with Crippen LogP contribution in [-0.2, 0) is 4.79 Å². The average Bonchev–Trinajstić information content (AvgIpc) is 2.36. The number of rotatable bonds is 6. The zero-order valence-corrected chi connectivity index (χ0v) is 11.1. The molecule has 0 radical (unpaired) electrons. The zero-order chi connectivity index (χ0) is 16.0. The van der Waals surface area contributed by atoms with E-state index in [0.29, 0.717) is 6.42 Å². The maximum absolute atomic E-state index is 12.2. The summed E-state index contributed by atoms with van der Waals surface area (Å²) in [5, 5.41) is 2.26. The first-order valence-electron chi connectivity index (χ1n) is 6.05. The molecule has 0 aliphatic carbocycles. The molecule has 6 nitrogen and oxygen atoms in total. The van der Waals surface area contributed by atoms with Crippen LogP contribution in [0.3, 0.4) is 0 Å². The Morgan fingerprint density at radius 3 is 2.67 bits per heavy atom. The third-order valence-corrected chi connectivity index (χ3v) is 2.45. The predicted molar refractivity (Wildman–Crippen MR) is 66.3 cm³/mol. The molecular formula is C12H14F3N3O3. The molecule has 2 amide bonds. The van der Waals surface area contributed by atoms with Crippen molar-refractivity contribution in [2.75, 3.05) is 0 Å². The number of carbonyl (C=O) groups is 2. The fraction of sp³-hybridized carbons (Fsp3) is 0.417. The van der Waals surface area contributed by atoms with Gasteiger partial charge in [0.1, 0.15) is 11.6 Å². The normalized spacial score (nSPS) is 12.6. The lowest BCUT2D eigenvalue weighted by molar-refractivity contribution is -0.276. The summed E-state index contributed by atoms with van der Waals surface area (Å²) in [5.74, 6) is -2.57. The molecule has 1 aromatic heterocycles. The molecule has 1 atom stereocenters. The highest BCUT2D eigenvalue weighted by Gasteiger charge is 2.34. The molecule has 0 unspecified atom stereocenters. The van der Waals surface area contributed by atoms with E-state index in [0.717, 1.165) is 12.3 Å². The molecular weight excluding hydrogens is 291 g/mol. The SMILES string of the molecule is CCC[C@H](NC(=O)c1cccnc1OC(F)(F)F)C(N)=O. The lowest BCUT2D eigenvalue weighted by Gasteiger charge is -2.16. The number of nitrogens with one attached hydrogen (secondary N) is 1. The maximum atomic E-state index is 12.2. The third-order valence-electron chi connectivity index (χ3n) is 2.45. The number of aromatic nitrogens is 1.